The van der Waals surface area contributed by atoms with Gasteiger partial charge in [-0.25, -0.2) is 0 Å². The van der Waals surface area contributed by atoms with Crippen LogP contribution in [0.3, 0.4) is 0 Å². The first-order valence-corrected chi connectivity index (χ1v) is 26.9. The molecule has 0 rings (SSSR count). The van der Waals surface area contributed by atoms with E-state index < -0.39 is 17.9 Å². The summed E-state index contributed by atoms with van der Waals surface area (Å²) >= 11 is 0. The molecule has 6 nitrogen and oxygen atoms in total. The Morgan fingerprint density at radius 1 is 0.250 bits per heavy atom. The molecule has 0 bridgehead atoms. The maximum atomic E-state index is 10.1. The molecule has 0 saturated heterocycles. The molecular weight excluding hydrogens is 920 g/mol. The Kier molecular flexibility index (Phi) is 70.5. The third kappa shape index (κ3) is 77.5. The van der Waals surface area contributed by atoms with E-state index in [1.807, 2.05) is 17.8 Å². The van der Waals surface area contributed by atoms with E-state index in [0.29, 0.717) is 19.3 Å². The van der Waals surface area contributed by atoms with Gasteiger partial charge in [0.2, 0.25) is 0 Å². The van der Waals surface area contributed by atoms with Crippen molar-refractivity contribution in [1.29, 1.82) is 0 Å². The average Bonchev–Trinajstić information content (AvgIpc) is 3.26. The molecule has 0 heterocycles. The quantitative estimate of drug-likeness (QED) is 0.0444. The summed E-state index contributed by atoms with van der Waals surface area (Å²) in [7, 11) is 0. The van der Waals surface area contributed by atoms with Gasteiger partial charge in [-0.05, 0) is 37.0 Å². The summed E-state index contributed by atoms with van der Waals surface area (Å²) in [6.07, 6.45) is 58.1. The maximum Gasteiger partial charge on any atom is 3.00 e. The van der Waals surface area contributed by atoms with Crippen LogP contribution >= 0.6 is 0 Å². The molecule has 0 radical (unpaired) electrons. The number of carboxylic acids is 3. The minimum absolute atomic E-state index is 0. The molecule has 0 saturated carbocycles. The zero-order valence-corrected chi connectivity index (χ0v) is 46.0. The Hall–Kier alpha value is -1.72. The van der Waals surface area contributed by atoms with E-state index in [-0.39, 0.29) is 35.6 Å². The average molecular weight is 1020 g/mol. The Morgan fingerprint density at radius 3 is 0.500 bits per heavy atom. The SMILES string of the molecule is CCCCCCCCCCCCCCCCC#CC(=O)[O-].CCCCCCCCCCCCCCCCC#CC(=O)[O-].CCCCCCCCCCCCCCCCC#CC(=O)[O-].[La+3]. The molecule has 7 heteroatoms. The first kappa shape index (κ1) is 68.9. The van der Waals surface area contributed by atoms with Gasteiger partial charge in [-0.3, -0.25) is 0 Å². The van der Waals surface area contributed by atoms with Crippen LogP contribution in [-0.2, 0) is 14.4 Å². The van der Waals surface area contributed by atoms with Gasteiger partial charge in [-0.1, -0.05) is 289 Å². The molecule has 0 atom stereocenters. The summed E-state index contributed by atoms with van der Waals surface area (Å²) in [4.78, 5) is 30.2. The summed E-state index contributed by atoms with van der Waals surface area (Å²) in [6.45, 7) is 6.79. The molecule has 366 valence electrons. The van der Waals surface area contributed by atoms with Crippen LogP contribution in [0.2, 0.25) is 0 Å². The van der Waals surface area contributed by atoms with E-state index in [1.165, 1.54) is 250 Å². The Balaban J connectivity index is -0.000000419. The van der Waals surface area contributed by atoms with Crippen LogP contribution in [-0.4, -0.2) is 17.9 Å². The Morgan fingerprint density at radius 2 is 0.375 bits per heavy atom. The third-order valence-corrected chi connectivity index (χ3v) is 11.5. The van der Waals surface area contributed by atoms with Crippen molar-refractivity contribution in [3.8, 4) is 35.5 Å². The zero-order chi connectivity index (χ0) is 46.8. The molecule has 0 spiro atoms. The molecule has 0 amide bonds. The number of rotatable bonds is 42. The minimum Gasteiger partial charge on any atom is -0.537 e. The summed E-state index contributed by atoms with van der Waals surface area (Å²) < 4.78 is 0. The summed E-state index contributed by atoms with van der Waals surface area (Å²) in [6, 6.07) is 0. The molecule has 0 unspecified atom stereocenters. The minimum atomic E-state index is -1.26. The summed E-state index contributed by atoms with van der Waals surface area (Å²) in [5.74, 6) is 10.2. The van der Waals surface area contributed by atoms with Gasteiger partial charge in [0.05, 0.1) is 0 Å². The first-order chi connectivity index (χ1) is 30.8. The van der Waals surface area contributed by atoms with E-state index in [4.69, 9.17) is 0 Å². The fraction of sp³-hybridized carbons (Fsp3) is 0.842. The van der Waals surface area contributed by atoms with Gasteiger partial charge in [-0.15, -0.1) is 0 Å². The van der Waals surface area contributed by atoms with E-state index >= 15 is 0 Å². The van der Waals surface area contributed by atoms with Crippen molar-refractivity contribution in [2.24, 2.45) is 0 Å². The Bertz CT molecular complexity index is 1010. The summed E-state index contributed by atoms with van der Waals surface area (Å²) in [5, 5.41) is 30.2. The molecule has 0 fully saturated rings. The third-order valence-electron chi connectivity index (χ3n) is 11.5. The number of unbranched alkanes of at least 4 members (excludes halogenated alkanes) is 42. The van der Waals surface area contributed by atoms with Crippen LogP contribution in [0.25, 0.3) is 0 Å². The smallest absolute Gasteiger partial charge is 0.537 e. The number of carboxylic acid groups (broad SMARTS) is 3. The van der Waals surface area contributed by atoms with Crippen molar-refractivity contribution >= 4 is 17.9 Å². The predicted octanol–water partition coefficient (Wildman–Crippen LogP) is 13.8. The molecule has 0 aromatic carbocycles. The van der Waals surface area contributed by atoms with Crippen LogP contribution < -0.4 is 15.3 Å². The van der Waals surface area contributed by atoms with Crippen molar-refractivity contribution in [3.63, 3.8) is 0 Å². The second-order valence-electron chi connectivity index (χ2n) is 17.8. The van der Waals surface area contributed by atoms with Gasteiger partial charge in [0.15, 0.2) is 0 Å². The fourth-order valence-electron chi connectivity index (χ4n) is 7.63. The van der Waals surface area contributed by atoms with Gasteiger partial charge in [0.1, 0.15) is 17.9 Å². The number of aliphatic carboxylic acids is 3. The molecule has 0 aliphatic rings. The van der Waals surface area contributed by atoms with Crippen molar-refractivity contribution in [2.45, 2.75) is 310 Å². The number of carbonyl (C=O) groups is 3. The number of hydrogen-bond acceptors (Lipinski definition) is 6. The van der Waals surface area contributed by atoms with Crippen LogP contribution in [0.1, 0.15) is 310 Å². The largest absolute Gasteiger partial charge is 3.00 e. The van der Waals surface area contributed by atoms with Crippen molar-refractivity contribution < 1.29 is 65.3 Å². The van der Waals surface area contributed by atoms with E-state index in [2.05, 4.69) is 38.5 Å². The van der Waals surface area contributed by atoms with Gasteiger partial charge >= 0.3 is 35.6 Å². The van der Waals surface area contributed by atoms with Crippen molar-refractivity contribution in [1.82, 2.24) is 0 Å². The topological polar surface area (TPSA) is 120 Å². The first-order valence-electron chi connectivity index (χ1n) is 26.9. The van der Waals surface area contributed by atoms with Gasteiger partial charge < -0.3 is 29.7 Å². The maximum absolute atomic E-state index is 10.1. The van der Waals surface area contributed by atoms with Crippen molar-refractivity contribution in [2.75, 3.05) is 0 Å². The zero-order valence-electron chi connectivity index (χ0n) is 42.3. The standard InChI is InChI=1S/3C19H34O2.La/c3*1-2-3-4-5-6-7-8-9-10-11-12-13-14-15-16-17-18-19(20)21;/h3*2-16H2,1H3,(H,20,21);/q;;;+3/p-3. The van der Waals surface area contributed by atoms with Crippen LogP contribution in [0.4, 0.5) is 0 Å². The monoisotopic (exact) mass is 1020 g/mol. The van der Waals surface area contributed by atoms with E-state index in [0.717, 1.165) is 19.3 Å². The second-order valence-corrected chi connectivity index (χ2v) is 17.8. The molecular formula is C57H99LaO6. The van der Waals surface area contributed by atoms with E-state index in [1.54, 1.807) is 0 Å². The molecule has 0 aliphatic carbocycles. The van der Waals surface area contributed by atoms with Crippen LogP contribution in [0.5, 0.6) is 0 Å². The van der Waals surface area contributed by atoms with Crippen LogP contribution in [0.15, 0.2) is 0 Å². The van der Waals surface area contributed by atoms with Gasteiger partial charge in [0, 0.05) is 19.3 Å². The van der Waals surface area contributed by atoms with E-state index in [9.17, 15) is 29.7 Å². The van der Waals surface area contributed by atoms with Gasteiger partial charge in [0.25, 0.3) is 0 Å². The number of carbonyl (C=O) groups excluding carboxylic acids is 3. The van der Waals surface area contributed by atoms with Gasteiger partial charge in [-0.2, -0.15) is 0 Å². The molecule has 0 aromatic rings. The second kappa shape index (κ2) is 65.6. The predicted molar refractivity (Wildman–Crippen MR) is 263 cm³/mol. The molecule has 0 aliphatic heterocycles. The van der Waals surface area contributed by atoms with Crippen molar-refractivity contribution in [3.05, 3.63) is 0 Å². The summed E-state index contributed by atoms with van der Waals surface area (Å²) in [5.41, 5.74) is 0. The molecule has 64 heavy (non-hydrogen) atoms. The van der Waals surface area contributed by atoms with Crippen LogP contribution in [0, 0.1) is 71.1 Å². The normalized spacial score (nSPS) is 9.98. The number of hydrogen-bond donors (Lipinski definition) is 0. The Labute approximate surface area is 425 Å². The molecule has 0 N–H and O–H groups in total. The molecule has 0 aromatic heterocycles. The fourth-order valence-corrected chi connectivity index (χ4v) is 7.63.